The minimum Gasteiger partial charge on any atom is -0.462 e. The number of pyridine rings is 1. The minimum atomic E-state index is -0.657. The average Bonchev–Trinajstić information content (AvgIpc) is 3.17. The molecule has 2 aliphatic heterocycles. The van der Waals surface area contributed by atoms with E-state index in [1.54, 1.807) is 13.0 Å². The molecule has 0 atom stereocenters. The molecule has 0 aliphatic carbocycles. The monoisotopic (exact) mass is 400 g/mol. The Morgan fingerprint density at radius 2 is 1.93 bits per heavy atom. The van der Waals surface area contributed by atoms with Gasteiger partial charge in [0, 0.05) is 44.5 Å². The molecule has 1 aromatic carbocycles. The van der Waals surface area contributed by atoms with Crippen LogP contribution in [-0.4, -0.2) is 60.2 Å². The smallest absolute Gasteiger partial charge is 0.343 e. The predicted octanol–water partition coefficient (Wildman–Crippen LogP) is 1.78. The van der Waals surface area contributed by atoms with Crippen LogP contribution in [0.5, 0.6) is 0 Å². The van der Waals surface area contributed by atoms with Crippen LogP contribution in [0.25, 0.3) is 10.9 Å². The maximum atomic E-state index is 13.2. The van der Waals surface area contributed by atoms with Crippen molar-refractivity contribution in [1.82, 2.24) is 9.47 Å². The van der Waals surface area contributed by atoms with Gasteiger partial charge in [-0.25, -0.2) is 4.79 Å². The maximum absolute atomic E-state index is 13.2. The molecule has 2 aliphatic rings. The highest BCUT2D eigenvalue weighted by Crippen LogP contribution is 2.35. The number of esters is 1. The lowest BCUT2D eigenvalue weighted by Gasteiger charge is -2.33. The molecule has 0 amide bonds. The van der Waals surface area contributed by atoms with E-state index in [1.807, 2.05) is 16.5 Å². The molecular formula is C20H24N4O5. The number of nitrogens with zero attached hydrogens (tertiary/aromatic N) is 4. The highest BCUT2D eigenvalue weighted by Gasteiger charge is 2.30. The number of hydrogen-bond acceptors (Lipinski definition) is 7. The molecule has 1 fully saturated rings. The second-order valence-electron chi connectivity index (χ2n) is 7.53. The van der Waals surface area contributed by atoms with E-state index in [1.165, 1.54) is 6.07 Å². The number of benzene rings is 1. The van der Waals surface area contributed by atoms with E-state index in [9.17, 15) is 19.7 Å². The average molecular weight is 400 g/mol. The molecule has 0 N–H and O–H groups in total. The van der Waals surface area contributed by atoms with E-state index in [4.69, 9.17) is 4.74 Å². The third-order valence-electron chi connectivity index (χ3n) is 5.79. The first-order valence-corrected chi connectivity index (χ1v) is 9.90. The number of fused-ring (bicyclic) bond motifs is 3. The van der Waals surface area contributed by atoms with E-state index in [2.05, 4.69) is 4.90 Å². The summed E-state index contributed by atoms with van der Waals surface area (Å²) < 4.78 is 7.04. The lowest BCUT2D eigenvalue weighted by molar-refractivity contribution is -0.384. The molecule has 1 aromatic heterocycles. The summed E-state index contributed by atoms with van der Waals surface area (Å²) in [6.07, 6.45) is 1.42. The number of ether oxygens (including phenoxy) is 1. The van der Waals surface area contributed by atoms with Gasteiger partial charge in [0.15, 0.2) is 0 Å². The number of carbonyl (C=O) groups excluding carboxylic acids is 1. The largest absolute Gasteiger partial charge is 0.462 e. The standard InChI is InChI=1S/C20H24N4O5/c1-3-29-20(26)18-14-5-4-6-23(14)15-12-16(22-9-7-21(2)8-10-22)17(24(27)28)11-13(15)19(18)25/h11-12H,3-10H2,1-2H3. The molecule has 0 radical (unpaired) electrons. The van der Waals surface area contributed by atoms with E-state index in [0.717, 1.165) is 19.5 Å². The van der Waals surface area contributed by atoms with E-state index >= 15 is 0 Å². The quantitative estimate of drug-likeness (QED) is 0.438. The van der Waals surface area contributed by atoms with Crippen LogP contribution in [0, 0.1) is 10.1 Å². The van der Waals surface area contributed by atoms with Crippen molar-refractivity contribution in [3.05, 3.63) is 43.7 Å². The van der Waals surface area contributed by atoms with Crippen molar-refractivity contribution in [3.63, 3.8) is 0 Å². The molecule has 1 saturated heterocycles. The van der Waals surface area contributed by atoms with Crippen molar-refractivity contribution in [2.24, 2.45) is 0 Å². The Hall–Kier alpha value is -2.94. The Morgan fingerprint density at radius 3 is 2.59 bits per heavy atom. The van der Waals surface area contributed by atoms with Gasteiger partial charge >= 0.3 is 5.97 Å². The summed E-state index contributed by atoms with van der Waals surface area (Å²) in [5.41, 5.74) is 1.26. The number of anilines is 1. The summed E-state index contributed by atoms with van der Waals surface area (Å²) in [4.78, 5) is 41.1. The normalized spacial score (nSPS) is 16.8. The third-order valence-corrected chi connectivity index (χ3v) is 5.79. The lowest BCUT2D eigenvalue weighted by Crippen LogP contribution is -2.44. The summed E-state index contributed by atoms with van der Waals surface area (Å²) in [5, 5.41) is 12.0. The Labute approximate surface area is 167 Å². The van der Waals surface area contributed by atoms with Crippen LogP contribution >= 0.6 is 0 Å². The number of nitro benzene ring substituents is 1. The summed E-state index contributed by atoms with van der Waals surface area (Å²) >= 11 is 0. The molecule has 0 bridgehead atoms. The second-order valence-corrected chi connectivity index (χ2v) is 7.53. The number of aromatic nitrogens is 1. The molecule has 4 rings (SSSR count). The number of nitro groups is 1. The highest BCUT2D eigenvalue weighted by molar-refractivity contribution is 5.97. The summed E-state index contributed by atoms with van der Waals surface area (Å²) in [6.45, 7) is 5.51. The fourth-order valence-electron chi connectivity index (χ4n) is 4.30. The van der Waals surface area contributed by atoms with Crippen molar-refractivity contribution < 1.29 is 14.5 Å². The number of hydrogen-bond donors (Lipinski definition) is 0. The van der Waals surface area contributed by atoms with Crippen LogP contribution in [-0.2, 0) is 17.7 Å². The van der Waals surface area contributed by atoms with Crippen LogP contribution in [0.2, 0.25) is 0 Å². The summed E-state index contributed by atoms with van der Waals surface area (Å²) in [5.74, 6) is -0.657. The zero-order chi connectivity index (χ0) is 20.7. The maximum Gasteiger partial charge on any atom is 0.343 e. The first kappa shape index (κ1) is 19.4. The number of rotatable bonds is 4. The predicted molar refractivity (Wildman–Crippen MR) is 109 cm³/mol. The van der Waals surface area contributed by atoms with E-state index in [-0.39, 0.29) is 23.2 Å². The van der Waals surface area contributed by atoms with Crippen LogP contribution in [0.4, 0.5) is 11.4 Å². The fourth-order valence-corrected chi connectivity index (χ4v) is 4.30. The van der Waals surface area contributed by atoms with Gasteiger partial charge in [0.25, 0.3) is 5.69 Å². The minimum absolute atomic E-state index is 0.0125. The van der Waals surface area contributed by atoms with Crippen molar-refractivity contribution in [2.75, 3.05) is 44.7 Å². The Balaban J connectivity index is 1.96. The lowest BCUT2D eigenvalue weighted by atomic mass is 10.0. The zero-order valence-electron chi connectivity index (χ0n) is 16.6. The molecule has 9 nitrogen and oxygen atoms in total. The summed E-state index contributed by atoms with van der Waals surface area (Å²) in [7, 11) is 2.02. The van der Waals surface area contributed by atoms with Gasteiger partial charge < -0.3 is 19.1 Å². The van der Waals surface area contributed by atoms with Gasteiger partial charge in [-0.15, -0.1) is 0 Å². The Bertz CT molecular complexity index is 1050. The SMILES string of the molecule is CCOC(=O)c1c2n(c3cc(N4CCN(C)CC4)c([N+](=O)[O-])cc3c1=O)CCC2. The first-order chi connectivity index (χ1) is 13.9. The number of aryl methyl sites for hydroxylation is 1. The zero-order valence-corrected chi connectivity index (χ0v) is 16.6. The van der Waals surface area contributed by atoms with Crippen molar-refractivity contribution in [3.8, 4) is 0 Å². The van der Waals surface area contributed by atoms with E-state index < -0.39 is 16.3 Å². The molecule has 9 heteroatoms. The molecule has 29 heavy (non-hydrogen) atoms. The van der Waals surface area contributed by atoms with Gasteiger partial charge in [-0.1, -0.05) is 0 Å². The third kappa shape index (κ3) is 3.25. The number of likely N-dealkylation sites (N-methyl/N-ethyl adjacent to an activating group) is 1. The van der Waals surface area contributed by atoms with Crippen LogP contribution in [0.3, 0.4) is 0 Å². The van der Waals surface area contributed by atoms with Gasteiger partial charge in [0.05, 0.1) is 22.4 Å². The van der Waals surface area contributed by atoms with Gasteiger partial charge in [0.2, 0.25) is 5.43 Å². The first-order valence-electron chi connectivity index (χ1n) is 9.90. The second kappa shape index (κ2) is 7.47. The molecule has 0 saturated carbocycles. The number of piperazine rings is 1. The fraction of sp³-hybridized carbons (Fsp3) is 0.500. The van der Waals surface area contributed by atoms with Crippen LogP contribution < -0.4 is 10.3 Å². The van der Waals surface area contributed by atoms with Crippen molar-refractivity contribution in [2.45, 2.75) is 26.3 Å². The molecular weight excluding hydrogens is 376 g/mol. The molecule has 154 valence electrons. The van der Waals surface area contributed by atoms with Gasteiger partial charge in [-0.05, 0) is 32.9 Å². The summed E-state index contributed by atoms with van der Waals surface area (Å²) in [6, 6.07) is 3.09. The number of carbonyl (C=O) groups is 1. The van der Waals surface area contributed by atoms with Crippen LogP contribution in [0.15, 0.2) is 16.9 Å². The molecule has 2 aromatic rings. The van der Waals surface area contributed by atoms with Gasteiger partial charge in [0.1, 0.15) is 11.3 Å². The Morgan fingerprint density at radius 1 is 1.21 bits per heavy atom. The Kier molecular flexibility index (Phi) is 4.99. The molecule has 0 unspecified atom stereocenters. The van der Waals surface area contributed by atoms with Crippen LogP contribution in [0.1, 0.15) is 29.4 Å². The highest BCUT2D eigenvalue weighted by atomic mass is 16.6. The molecule has 3 heterocycles. The van der Waals surface area contributed by atoms with Gasteiger partial charge in [-0.2, -0.15) is 0 Å². The van der Waals surface area contributed by atoms with Gasteiger partial charge in [-0.3, -0.25) is 14.9 Å². The van der Waals surface area contributed by atoms with E-state index in [0.29, 0.717) is 43.0 Å². The van der Waals surface area contributed by atoms with Crippen molar-refractivity contribution in [1.29, 1.82) is 0 Å². The topological polar surface area (TPSA) is 97.9 Å². The van der Waals surface area contributed by atoms with Crippen molar-refractivity contribution >= 4 is 28.2 Å². The molecule has 0 spiro atoms.